The summed E-state index contributed by atoms with van der Waals surface area (Å²) in [6.07, 6.45) is 1.33. The Balaban J connectivity index is 3.08. The molecule has 58 valence electrons. The van der Waals surface area contributed by atoms with Crippen LogP contribution in [-0.2, 0) is 0 Å². The number of halogens is 2. The van der Waals surface area contributed by atoms with Crippen molar-refractivity contribution in [2.75, 3.05) is 0 Å². The fourth-order valence-corrected chi connectivity index (χ4v) is 0.966. The molecule has 0 atom stereocenters. The van der Waals surface area contributed by atoms with Crippen LogP contribution in [0.1, 0.15) is 5.56 Å². The molecule has 0 spiro atoms. The summed E-state index contributed by atoms with van der Waals surface area (Å²) >= 11 is 5.54. The molecule has 1 aromatic rings. The predicted molar refractivity (Wildman–Crippen MR) is 43.2 cm³/mol. The lowest BCUT2D eigenvalue weighted by Crippen LogP contribution is -1.87. The van der Waals surface area contributed by atoms with Crippen molar-refractivity contribution in [3.8, 4) is 0 Å². The maximum absolute atomic E-state index is 12.6. The quantitative estimate of drug-likeness (QED) is 0.391. The van der Waals surface area contributed by atoms with Crippen molar-refractivity contribution < 1.29 is 4.39 Å². The summed E-state index contributed by atoms with van der Waals surface area (Å²) in [5.41, 5.74) is 0.553. The molecule has 0 heterocycles. The van der Waals surface area contributed by atoms with Gasteiger partial charge in [-0.3, -0.25) is 0 Å². The molecule has 0 aliphatic heterocycles. The van der Waals surface area contributed by atoms with E-state index in [-0.39, 0.29) is 0 Å². The smallest absolute Gasteiger partial charge is 0.125 e. The van der Waals surface area contributed by atoms with Gasteiger partial charge in [-0.2, -0.15) is 5.10 Å². The average molecular weight is 173 g/mol. The molecule has 0 aromatic heterocycles. The van der Waals surface area contributed by atoms with E-state index in [2.05, 4.69) is 5.10 Å². The van der Waals surface area contributed by atoms with Gasteiger partial charge in [0.2, 0.25) is 0 Å². The Hall–Kier alpha value is -1.09. The summed E-state index contributed by atoms with van der Waals surface area (Å²) in [6.45, 7) is 0. The second kappa shape index (κ2) is 3.34. The largest absolute Gasteiger partial charge is 0.323 e. The van der Waals surface area contributed by atoms with Gasteiger partial charge in [0.25, 0.3) is 0 Å². The van der Waals surface area contributed by atoms with Crippen LogP contribution in [0.2, 0.25) is 5.02 Å². The third-order valence-electron chi connectivity index (χ3n) is 1.11. The molecule has 0 bridgehead atoms. The second-order valence-corrected chi connectivity index (χ2v) is 2.42. The molecular formula is C7H6ClFN2. The van der Waals surface area contributed by atoms with Crippen molar-refractivity contribution in [1.82, 2.24) is 0 Å². The highest BCUT2D eigenvalue weighted by atomic mass is 35.5. The van der Waals surface area contributed by atoms with Crippen molar-refractivity contribution in [3.63, 3.8) is 0 Å². The summed E-state index contributed by atoms with van der Waals surface area (Å²) in [7, 11) is 0. The minimum atomic E-state index is -0.396. The van der Waals surface area contributed by atoms with Crippen LogP contribution in [0.15, 0.2) is 23.3 Å². The minimum absolute atomic E-state index is 0.333. The molecule has 4 heteroatoms. The van der Waals surface area contributed by atoms with Gasteiger partial charge in [-0.15, -0.1) is 0 Å². The third kappa shape index (κ3) is 2.20. The Labute approximate surface area is 68.5 Å². The van der Waals surface area contributed by atoms with Gasteiger partial charge in [-0.1, -0.05) is 11.6 Å². The summed E-state index contributed by atoms with van der Waals surface area (Å²) < 4.78 is 12.6. The summed E-state index contributed by atoms with van der Waals surface area (Å²) in [6, 6.07) is 4.08. The molecule has 2 nitrogen and oxygen atoms in total. The van der Waals surface area contributed by atoms with Crippen molar-refractivity contribution in [2.45, 2.75) is 0 Å². The second-order valence-electron chi connectivity index (χ2n) is 1.98. The summed E-state index contributed by atoms with van der Waals surface area (Å²) in [4.78, 5) is 0. The first-order valence-electron chi connectivity index (χ1n) is 2.92. The van der Waals surface area contributed by atoms with Gasteiger partial charge in [0.15, 0.2) is 0 Å². The van der Waals surface area contributed by atoms with Crippen LogP contribution in [0.3, 0.4) is 0 Å². The van der Waals surface area contributed by atoms with E-state index in [1.807, 2.05) is 0 Å². The highest BCUT2D eigenvalue weighted by Crippen LogP contribution is 2.12. The lowest BCUT2D eigenvalue weighted by molar-refractivity contribution is 0.627. The van der Waals surface area contributed by atoms with E-state index in [0.29, 0.717) is 10.6 Å². The van der Waals surface area contributed by atoms with Crippen molar-refractivity contribution in [1.29, 1.82) is 0 Å². The predicted octanol–water partition coefficient (Wildman–Crippen LogP) is 1.77. The molecule has 0 unspecified atom stereocenters. The Kier molecular flexibility index (Phi) is 2.44. The standard InChI is InChI=1S/C7H6ClFN2/c8-6-1-5(4-11-10)2-7(9)3-6/h1-4H,10H2/b11-4+. The van der Waals surface area contributed by atoms with E-state index in [1.165, 1.54) is 18.3 Å². The van der Waals surface area contributed by atoms with Crippen LogP contribution < -0.4 is 5.84 Å². The normalized spacial score (nSPS) is 10.7. The van der Waals surface area contributed by atoms with Gasteiger partial charge in [0.05, 0.1) is 6.21 Å². The van der Waals surface area contributed by atoms with E-state index in [1.54, 1.807) is 6.07 Å². The van der Waals surface area contributed by atoms with Gasteiger partial charge in [-0.05, 0) is 23.8 Å². The van der Waals surface area contributed by atoms with Crippen LogP contribution in [0, 0.1) is 5.82 Å². The number of hydrogen-bond donors (Lipinski definition) is 1. The monoisotopic (exact) mass is 172 g/mol. The van der Waals surface area contributed by atoms with Crippen LogP contribution in [0.4, 0.5) is 4.39 Å². The molecule has 0 amide bonds. The molecule has 0 radical (unpaired) electrons. The number of hydrogen-bond acceptors (Lipinski definition) is 2. The molecule has 0 fully saturated rings. The lowest BCUT2D eigenvalue weighted by atomic mass is 10.2. The maximum atomic E-state index is 12.6. The SMILES string of the molecule is N/N=C/c1cc(F)cc(Cl)c1. The first kappa shape index (κ1) is 8.01. The Morgan fingerprint density at radius 2 is 2.18 bits per heavy atom. The molecule has 0 saturated carbocycles. The van der Waals surface area contributed by atoms with Gasteiger partial charge < -0.3 is 5.84 Å². The zero-order valence-electron chi connectivity index (χ0n) is 5.59. The maximum Gasteiger partial charge on any atom is 0.125 e. The highest BCUT2D eigenvalue weighted by Gasteiger charge is 1.95. The van der Waals surface area contributed by atoms with Crippen molar-refractivity contribution >= 4 is 17.8 Å². The minimum Gasteiger partial charge on any atom is -0.323 e. The van der Waals surface area contributed by atoms with Crippen LogP contribution in [-0.4, -0.2) is 6.21 Å². The van der Waals surface area contributed by atoms with Gasteiger partial charge in [0, 0.05) is 5.02 Å². The first-order chi connectivity index (χ1) is 5.22. The van der Waals surface area contributed by atoms with E-state index in [0.717, 1.165) is 0 Å². The molecule has 0 aliphatic carbocycles. The van der Waals surface area contributed by atoms with Crippen molar-refractivity contribution in [3.05, 3.63) is 34.6 Å². The van der Waals surface area contributed by atoms with E-state index in [9.17, 15) is 4.39 Å². The molecule has 1 aromatic carbocycles. The highest BCUT2D eigenvalue weighted by molar-refractivity contribution is 6.30. The fraction of sp³-hybridized carbons (Fsp3) is 0. The number of rotatable bonds is 1. The van der Waals surface area contributed by atoms with Crippen LogP contribution >= 0.6 is 11.6 Å². The van der Waals surface area contributed by atoms with Crippen molar-refractivity contribution in [2.24, 2.45) is 10.9 Å². The summed E-state index contributed by atoms with van der Waals surface area (Å²) in [5, 5.41) is 3.57. The van der Waals surface area contributed by atoms with E-state index in [4.69, 9.17) is 17.4 Å². The lowest BCUT2D eigenvalue weighted by Gasteiger charge is -1.93. The third-order valence-corrected chi connectivity index (χ3v) is 1.33. The van der Waals surface area contributed by atoms with Crippen LogP contribution in [0.25, 0.3) is 0 Å². The molecule has 2 N–H and O–H groups in total. The molecule has 11 heavy (non-hydrogen) atoms. The molecule has 0 saturated heterocycles. The molecule has 0 aliphatic rings. The number of nitrogens with zero attached hydrogens (tertiary/aromatic N) is 1. The number of nitrogens with two attached hydrogens (primary N) is 1. The Morgan fingerprint density at radius 3 is 2.73 bits per heavy atom. The number of hydrazone groups is 1. The Bertz CT molecular complexity index is 266. The van der Waals surface area contributed by atoms with E-state index < -0.39 is 5.82 Å². The van der Waals surface area contributed by atoms with E-state index >= 15 is 0 Å². The molecule has 1 rings (SSSR count). The molecular weight excluding hydrogens is 167 g/mol. The summed E-state index contributed by atoms with van der Waals surface area (Å²) in [5.74, 6) is 4.47. The topological polar surface area (TPSA) is 38.4 Å². The zero-order chi connectivity index (χ0) is 8.27. The Morgan fingerprint density at radius 1 is 1.45 bits per heavy atom. The van der Waals surface area contributed by atoms with Gasteiger partial charge >= 0.3 is 0 Å². The first-order valence-corrected chi connectivity index (χ1v) is 3.29. The van der Waals surface area contributed by atoms with Gasteiger partial charge in [-0.25, -0.2) is 4.39 Å². The zero-order valence-corrected chi connectivity index (χ0v) is 6.35. The fourth-order valence-electron chi connectivity index (χ4n) is 0.736. The van der Waals surface area contributed by atoms with Crippen LogP contribution in [0.5, 0.6) is 0 Å². The number of benzene rings is 1. The van der Waals surface area contributed by atoms with Gasteiger partial charge in [0.1, 0.15) is 5.82 Å². The average Bonchev–Trinajstić information content (AvgIpc) is 1.85.